The number of benzene rings is 1. The number of nitrogens with zero attached hydrogens (tertiary/aromatic N) is 2. The predicted molar refractivity (Wildman–Crippen MR) is 83.5 cm³/mol. The summed E-state index contributed by atoms with van der Waals surface area (Å²) in [5.41, 5.74) is 1.42. The maximum atomic E-state index is 12.6. The Morgan fingerprint density at radius 3 is 2.67 bits per heavy atom. The average molecular weight is 284 g/mol. The highest BCUT2D eigenvalue weighted by atomic mass is 16.2. The van der Waals surface area contributed by atoms with Crippen LogP contribution in [0.25, 0.3) is 10.9 Å². The number of rotatable bonds is 2. The standard InChI is InChI=1S/C17H21N3O/c1-19-11-9-14(10-12-19)20(2)17(21)16-8-7-13-5-3-4-6-15(13)18-16/h3-8,14H,9-12H2,1-2H3/p+1. The zero-order chi connectivity index (χ0) is 14.8. The molecule has 1 saturated heterocycles. The molecule has 1 aliphatic rings. The molecular weight excluding hydrogens is 262 g/mol. The van der Waals surface area contributed by atoms with Crippen molar-refractivity contribution in [3.05, 3.63) is 42.1 Å². The summed E-state index contributed by atoms with van der Waals surface area (Å²) in [6.07, 6.45) is 2.14. The van der Waals surface area contributed by atoms with Crippen LogP contribution in [0.4, 0.5) is 0 Å². The highest BCUT2D eigenvalue weighted by Crippen LogP contribution is 2.15. The molecule has 1 fully saturated rings. The molecule has 1 N–H and O–H groups in total. The third-order valence-electron chi connectivity index (χ3n) is 4.49. The van der Waals surface area contributed by atoms with E-state index in [0.29, 0.717) is 11.7 Å². The van der Waals surface area contributed by atoms with E-state index in [1.807, 2.05) is 48.3 Å². The molecule has 0 spiro atoms. The molecule has 0 unspecified atom stereocenters. The Labute approximate surface area is 125 Å². The molecule has 110 valence electrons. The van der Waals surface area contributed by atoms with Gasteiger partial charge in [0, 0.05) is 31.3 Å². The van der Waals surface area contributed by atoms with Crippen LogP contribution >= 0.6 is 0 Å². The number of carbonyl (C=O) groups excluding carboxylic acids is 1. The lowest BCUT2D eigenvalue weighted by molar-refractivity contribution is -0.885. The Balaban J connectivity index is 1.79. The second-order valence-corrected chi connectivity index (χ2v) is 5.99. The third-order valence-corrected chi connectivity index (χ3v) is 4.49. The number of carbonyl (C=O) groups is 1. The predicted octanol–water partition coefficient (Wildman–Crippen LogP) is 0.984. The third kappa shape index (κ3) is 2.90. The summed E-state index contributed by atoms with van der Waals surface area (Å²) < 4.78 is 0. The lowest BCUT2D eigenvalue weighted by Crippen LogP contribution is -3.10. The van der Waals surface area contributed by atoms with Gasteiger partial charge in [0.15, 0.2) is 0 Å². The van der Waals surface area contributed by atoms with Crippen molar-refractivity contribution in [1.29, 1.82) is 0 Å². The van der Waals surface area contributed by atoms with Gasteiger partial charge in [-0.25, -0.2) is 4.98 Å². The molecule has 1 aromatic carbocycles. The van der Waals surface area contributed by atoms with Crippen LogP contribution in [0, 0.1) is 0 Å². The molecule has 0 saturated carbocycles. The summed E-state index contributed by atoms with van der Waals surface area (Å²) in [5.74, 6) is 0.0327. The number of hydrogen-bond donors (Lipinski definition) is 1. The summed E-state index contributed by atoms with van der Waals surface area (Å²) >= 11 is 0. The van der Waals surface area contributed by atoms with Crippen molar-refractivity contribution < 1.29 is 9.69 Å². The molecule has 2 aromatic rings. The minimum absolute atomic E-state index is 0.0327. The summed E-state index contributed by atoms with van der Waals surface area (Å²) in [6, 6.07) is 12.1. The Bertz CT molecular complexity index is 647. The van der Waals surface area contributed by atoms with Gasteiger partial charge in [0.25, 0.3) is 5.91 Å². The Kier molecular flexibility index (Phi) is 3.88. The van der Waals surface area contributed by atoms with Crippen LogP contribution in [0.15, 0.2) is 36.4 Å². The van der Waals surface area contributed by atoms with Gasteiger partial charge >= 0.3 is 0 Å². The number of amides is 1. The summed E-state index contributed by atoms with van der Waals surface area (Å²) in [4.78, 5) is 20.6. The van der Waals surface area contributed by atoms with E-state index in [2.05, 4.69) is 12.0 Å². The molecule has 4 nitrogen and oxygen atoms in total. The van der Waals surface area contributed by atoms with E-state index < -0.39 is 0 Å². The summed E-state index contributed by atoms with van der Waals surface area (Å²) in [5, 5.41) is 1.07. The van der Waals surface area contributed by atoms with E-state index >= 15 is 0 Å². The van der Waals surface area contributed by atoms with Gasteiger partial charge in [0.1, 0.15) is 5.69 Å². The molecule has 0 atom stereocenters. The Morgan fingerprint density at radius 1 is 1.19 bits per heavy atom. The van der Waals surface area contributed by atoms with Crippen LogP contribution in [-0.2, 0) is 0 Å². The highest BCUT2D eigenvalue weighted by molar-refractivity contribution is 5.94. The van der Waals surface area contributed by atoms with Crippen LogP contribution in [0.2, 0.25) is 0 Å². The first-order valence-electron chi connectivity index (χ1n) is 7.59. The second kappa shape index (κ2) is 5.82. The van der Waals surface area contributed by atoms with E-state index in [4.69, 9.17) is 0 Å². The number of pyridine rings is 1. The first kappa shape index (κ1) is 14.0. The van der Waals surface area contributed by atoms with Gasteiger partial charge in [-0.3, -0.25) is 4.79 Å². The van der Waals surface area contributed by atoms with Crippen LogP contribution in [0.1, 0.15) is 23.3 Å². The number of quaternary nitrogens is 1. The Morgan fingerprint density at radius 2 is 1.90 bits per heavy atom. The minimum atomic E-state index is 0.0327. The average Bonchev–Trinajstić information content (AvgIpc) is 2.54. The first-order chi connectivity index (χ1) is 10.1. The first-order valence-corrected chi connectivity index (χ1v) is 7.59. The zero-order valence-electron chi connectivity index (χ0n) is 12.7. The topological polar surface area (TPSA) is 37.6 Å². The van der Waals surface area contributed by atoms with Gasteiger partial charge in [-0.15, -0.1) is 0 Å². The number of hydrogen-bond acceptors (Lipinski definition) is 2. The van der Waals surface area contributed by atoms with Crippen molar-refractivity contribution in [3.8, 4) is 0 Å². The van der Waals surface area contributed by atoms with Crippen molar-refractivity contribution in [2.75, 3.05) is 27.2 Å². The fourth-order valence-corrected chi connectivity index (χ4v) is 3.01. The molecule has 0 radical (unpaired) electrons. The van der Waals surface area contributed by atoms with Crippen molar-refractivity contribution in [1.82, 2.24) is 9.88 Å². The molecule has 1 aliphatic heterocycles. The number of fused-ring (bicyclic) bond motifs is 1. The SMILES string of the molecule is CN(C(=O)c1ccc2ccccc2n1)C1CC[NH+](C)CC1. The lowest BCUT2D eigenvalue weighted by atomic mass is 10.0. The smallest absolute Gasteiger partial charge is 0.272 e. The van der Waals surface area contributed by atoms with E-state index in [0.717, 1.165) is 36.8 Å². The number of para-hydroxylation sites is 1. The Hall–Kier alpha value is -1.94. The van der Waals surface area contributed by atoms with Gasteiger partial charge in [0.05, 0.1) is 25.7 Å². The van der Waals surface area contributed by atoms with E-state index in [9.17, 15) is 4.79 Å². The monoisotopic (exact) mass is 284 g/mol. The van der Waals surface area contributed by atoms with E-state index in [-0.39, 0.29) is 5.91 Å². The molecule has 1 amide bonds. The molecule has 0 bridgehead atoms. The van der Waals surface area contributed by atoms with E-state index in [1.54, 1.807) is 4.90 Å². The minimum Gasteiger partial charge on any atom is -0.337 e. The molecule has 2 heterocycles. The van der Waals surface area contributed by atoms with E-state index in [1.165, 1.54) is 0 Å². The van der Waals surface area contributed by atoms with Crippen LogP contribution in [-0.4, -0.2) is 49.0 Å². The number of nitrogens with one attached hydrogen (secondary N) is 1. The summed E-state index contributed by atoms with van der Waals surface area (Å²) in [6.45, 7) is 2.26. The molecular formula is C17H22N3O+. The molecule has 3 rings (SSSR count). The highest BCUT2D eigenvalue weighted by Gasteiger charge is 2.27. The normalized spacial score (nSPS) is 22.2. The molecule has 21 heavy (non-hydrogen) atoms. The van der Waals surface area contributed by atoms with Gasteiger partial charge in [0.2, 0.25) is 0 Å². The second-order valence-electron chi connectivity index (χ2n) is 5.99. The van der Waals surface area contributed by atoms with Crippen LogP contribution in [0.3, 0.4) is 0 Å². The van der Waals surface area contributed by atoms with Gasteiger partial charge in [-0.2, -0.15) is 0 Å². The summed E-state index contributed by atoms with van der Waals surface area (Å²) in [7, 11) is 4.12. The fourth-order valence-electron chi connectivity index (χ4n) is 3.01. The number of piperidine rings is 1. The number of aromatic nitrogens is 1. The van der Waals surface area contributed by atoms with Crippen molar-refractivity contribution in [2.45, 2.75) is 18.9 Å². The maximum Gasteiger partial charge on any atom is 0.272 e. The largest absolute Gasteiger partial charge is 0.337 e. The van der Waals surface area contributed by atoms with Crippen LogP contribution < -0.4 is 4.90 Å². The fraction of sp³-hybridized carbons (Fsp3) is 0.412. The van der Waals surface area contributed by atoms with Crippen molar-refractivity contribution >= 4 is 16.8 Å². The number of likely N-dealkylation sites (tertiary alicyclic amines) is 1. The van der Waals surface area contributed by atoms with Crippen LogP contribution in [0.5, 0.6) is 0 Å². The van der Waals surface area contributed by atoms with Crippen molar-refractivity contribution in [3.63, 3.8) is 0 Å². The zero-order valence-corrected chi connectivity index (χ0v) is 12.7. The quantitative estimate of drug-likeness (QED) is 0.893. The molecule has 1 aromatic heterocycles. The lowest BCUT2D eigenvalue weighted by Gasteiger charge is -2.33. The molecule has 0 aliphatic carbocycles. The van der Waals surface area contributed by atoms with Crippen molar-refractivity contribution in [2.24, 2.45) is 0 Å². The van der Waals surface area contributed by atoms with Gasteiger partial charge in [-0.05, 0) is 12.1 Å². The van der Waals surface area contributed by atoms with Gasteiger partial charge in [-0.1, -0.05) is 24.3 Å². The molecule has 4 heteroatoms. The maximum absolute atomic E-state index is 12.6. The van der Waals surface area contributed by atoms with Gasteiger partial charge < -0.3 is 9.80 Å².